The lowest BCUT2D eigenvalue weighted by Gasteiger charge is -2.07. The molecule has 7 nitrogen and oxygen atoms in total. The highest BCUT2D eigenvalue weighted by Crippen LogP contribution is 2.26. The van der Waals surface area contributed by atoms with Gasteiger partial charge in [-0.05, 0) is 42.3 Å². The quantitative estimate of drug-likeness (QED) is 0.209. The number of allylic oxidation sites excluding steroid dienone is 1. The molecule has 0 bridgehead atoms. The normalized spacial score (nSPS) is 11.4. The molecule has 4 aromatic rings. The molecule has 0 spiro atoms. The molecule has 34 heavy (non-hydrogen) atoms. The molecule has 0 aliphatic carbocycles. The van der Waals surface area contributed by atoms with Gasteiger partial charge in [0.1, 0.15) is 22.2 Å². The number of nitrogens with one attached hydrogen (secondary N) is 1. The molecule has 0 unspecified atom stereocenters. The number of nitriles is 1. The topological polar surface area (TPSA) is 105 Å². The Kier molecular flexibility index (Phi) is 6.85. The summed E-state index contributed by atoms with van der Waals surface area (Å²) in [6.07, 6.45) is 1.54. The molecule has 170 valence electrons. The SMILES string of the molecule is CC(C)COC(=O)c1ccc(N/C=C(/C#N)c2nc(-c3cc4ccccc4oc3=O)cs2)cc1. The third kappa shape index (κ3) is 5.22. The summed E-state index contributed by atoms with van der Waals surface area (Å²) in [6, 6.07) is 17.9. The summed E-state index contributed by atoms with van der Waals surface area (Å²) in [5.74, 6) is -0.108. The number of hydrogen-bond donors (Lipinski definition) is 1. The third-order valence-corrected chi connectivity index (χ3v) is 5.70. The average Bonchev–Trinajstić information content (AvgIpc) is 3.32. The minimum atomic E-state index is -0.483. The molecule has 0 amide bonds. The summed E-state index contributed by atoms with van der Waals surface area (Å²) >= 11 is 1.26. The van der Waals surface area contributed by atoms with E-state index in [1.54, 1.807) is 47.8 Å². The third-order valence-electron chi connectivity index (χ3n) is 4.82. The number of carbonyl (C=O) groups is 1. The molecule has 0 radical (unpaired) electrons. The van der Waals surface area contributed by atoms with Gasteiger partial charge in [0.15, 0.2) is 0 Å². The maximum absolute atomic E-state index is 12.4. The molecule has 0 aliphatic rings. The molecule has 0 aliphatic heterocycles. The first-order valence-electron chi connectivity index (χ1n) is 10.6. The lowest BCUT2D eigenvalue weighted by atomic mass is 10.1. The first-order valence-corrected chi connectivity index (χ1v) is 11.5. The van der Waals surface area contributed by atoms with Crippen molar-refractivity contribution in [3.8, 4) is 17.3 Å². The van der Waals surface area contributed by atoms with E-state index < -0.39 is 5.63 Å². The van der Waals surface area contributed by atoms with Gasteiger partial charge in [0, 0.05) is 22.7 Å². The van der Waals surface area contributed by atoms with Crippen LogP contribution in [0.15, 0.2) is 75.4 Å². The van der Waals surface area contributed by atoms with E-state index in [1.165, 1.54) is 17.5 Å². The van der Waals surface area contributed by atoms with Crippen molar-refractivity contribution in [2.75, 3.05) is 11.9 Å². The predicted octanol–water partition coefficient (Wildman–Crippen LogP) is 5.71. The number of hydrogen-bond acceptors (Lipinski definition) is 8. The number of esters is 1. The van der Waals surface area contributed by atoms with Crippen molar-refractivity contribution in [3.05, 3.63) is 87.2 Å². The second-order valence-corrected chi connectivity index (χ2v) is 8.77. The lowest BCUT2D eigenvalue weighted by Crippen LogP contribution is -2.10. The van der Waals surface area contributed by atoms with Crippen LogP contribution in [0.25, 0.3) is 27.8 Å². The van der Waals surface area contributed by atoms with Gasteiger partial charge in [-0.3, -0.25) is 0 Å². The van der Waals surface area contributed by atoms with Crippen LogP contribution in [0, 0.1) is 17.2 Å². The molecular formula is C26H21N3O4S. The fourth-order valence-corrected chi connectivity index (χ4v) is 3.87. The van der Waals surface area contributed by atoms with E-state index in [0.717, 1.165) is 5.39 Å². The van der Waals surface area contributed by atoms with Crippen molar-refractivity contribution in [1.29, 1.82) is 5.26 Å². The summed E-state index contributed by atoms with van der Waals surface area (Å²) in [6.45, 7) is 4.31. The van der Waals surface area contributed by atoms with Crippen molar-refractivity contribution >= 4 is 39.5 Å². The molecule has 2 aromatic heterocycles. The van der Waals surface area contributed by atoms with Gasteiger partial charge in [0.2, 0.25) is 0 Å². The number of ether oxygens (including phenoxy) is 1. The molecule has 0 fully saturated rings. The van der Waals surface area contributed by atoms with E-state index in [0.29, 0.717) is 45.3 Å². The van der Waals surface area contributed by atoms with Crippen molar-refractivity contribution in [2.24, 2.45) is 5.92 Å². The number of thiazole rings is 1. The smallest absolute Gasteiger partial charge is 0.345 e. The number of rotatable bonds is 7. The van der Waals surface area contributed by atoms with Gasteiger partial charge in [-0.1, -0.05) is 32.0 Å². The van der Waals surface area contributed by atoms with Gasteiger partial charge >= 0.3 is 11.6 Å². The first-order chi connectivity index (χ1) is 16.4. The number of para-hydroxylation sites is 1. The average molecular weight is 472 g/mol. The molecule has 2 aromatic carbocycles. The van der Waals surface area contributed by atoms with E-state index in [-0.39, 0.29) is 11.9 Å². The Balaban J connectivity index is 1.50. The summed E-state index contributed by atoms with van der Waals surface area (Å²) in [5, 5.41) is 15.6. The molecule has 0 saturated heterocycles. The molecule has 4 rings (SSSR count). The molecular weight excluding hydrogens is 450 g/mol. The molecule has 8 heteroatoms. The fourth-order valence-electron chi connectivity index (χ4n) is 3.09. The number of nitrogens with zero attached hydrogens (tertiary/aromatic N) is 2. The first kappa shape index (κ1) is 23.0. The Morgan fingerprint density at radius 3 is 2.74 bits per heavy atom. The van der Waals surface area contributed by atoms with Crippen LogP contribution < -0.4 is 10.9 Å². The van der Waals surface area contributed by atoms with Crippen molar-refractivity contribution < 1.29 is 13.9 Å². The largest absolute Gasteiger partial charge is 0.462 e. The second kappa shape index (κ2) is 10.1. The summed E-state index contributed by atoms with van der Waals surface area (Å²) in [5.41, 5.74) is 2.27. The Labute approximate surface area is 200 Å². The Morgan fingerprint density at radius 2 is 2.00 bits per heavy atom. The fraction of sp³-hybridized carbons (Fsp3) is 0.154. The van der Waals surface area contributed by atoms with Crippen LogP contribution in [0.4, 0.5) is 5.69 Å². The standard InChI is InChI=1S/C26H21N3O4S/c1-16(2)14-32-25(30)17-7-9-20(10-8-17)28-13-19(12-27)24-29-22(15-34-24)21-11-18-5-3-4-6-23(18)33-26(21)31/h3-11,13,15-16,28H,14H2,1-2H3/b19-13-. The maximum atomic E-state index is 12.4. The van der Waals surface area contributed by atoms with Gasteiger partial charge in [-0.2, -0.15) is 5.26 Å². The highest BCUT2D eigenvalue weighted by molar-refractivity contribution is 7.11. The second-order valence-electron chi connectivity index (χ2n) is 7.91. The van der Waals surface area contributed by atoms with Gasteiger partial charge in [0.05, 0.1) is 23.4 Å². The zero-order valence-electron chi connectivity index (χ0n) is 18.6. The van der Waals surface area contributed by atoms with E-state index in [9.17, 15) is 14.9 Å². The van der Waals surface area contributed by atoms with Crippen molar-refractivity contribution in [1.82, 2.24) is 4.98 Å². The van der Waals surface area contributed by atoms with Gasteiger partial charge in [0.25, 0.3) is 0 Å². The van der Waals surface area contributed by atoms with Crippen LogP contribution in [0.5, 0.6) is 0 Å². The predicted molar refractivity (Wildman–Crippen MR) is 132 cm³/mol. The number of benzene rings is 2. The van der Waals surface area contributed by atoms with Crippen LogP contribution in [0.2, 0.25) is 0 Å². The highest BCUT2D eigenvalue weighted by Gasteiger charge is 2.14. The highest BCUT2D eigenvalue weighted by atomic mass is 32.1. The molecule has 0 saturated carbocycles. The maximum Gasteiger partial charge on any atom is 0.345 e. The van der Waals surface area contributed by atoms with E-state index in [2.05, 4.69) is 16.4 Å². The lowest BCUT2D eigenvalue weighted by molar-refractivity contribution is 0.0459. The van der Waals surface area contributed by atoms with Crippen LogP contribution in [-0.4, -0.2) is 17.6 Å². The minimum Gasteiger partial charge on any atom is -0.462 e. The molecule has 0 atom stereocenters. The van der Waals surface area contributed by atoms with Crippen LogP contribution >= 0.6 is 11.3 Å². The van der Waals surface area contributed by atoms with Gasteiger partial charge in [-0.25, -0.2) is 14.6 Å². The number of aromatic nitrogens is 1. The summed E-state index contributed by atoms with van der Waals surface area (Å²) in [4.78, 5) is 28.9. The Morgan fingerprint density at radius 1 is 1.24 bits per heavy atom. The zero-order valence-corrected chi connectivity index (χ0v) is 19.4. The van der Waals surface area contributed by atoms with Gasteiger partial charge in [-0.15, -0.1) is 11.3 Å². The van der Waals surface area contributed by atoms with Crippen molar-refractivity contribution in [2.45, 2.75) is 13.8 Å². The monoisotopic (exact) mass is 471 g/mol. The van der Waals surface area contributed by atoms with Crippen molar-refractivity contribution in [3.63, 3.8) is 0 Å². The molecule has 1 N–H and O–H groups in total. The Hall–Kier alpha value is -4.22. The molecule has 2 heterocycles. The number of anilines is 1. The minimum absolute atomic E-state index is 0.265. The van der Waals surface area contributed by atoms with Gasteiger partial charge < -0.3 is 14.5 Å². The number of fused-ring (bicyclic) bond motifs is 1. The Bertz CT molecular complexity index is 1460. The zero-order chi connectivity index (χ0) is 24.1. The summed E-state index contributed by atoms with van der Waals surface area (Å²) in [7, 11) is 0. The van der Waals surface area contributed by atoms with Crippen LogP contribution in [-0.2, 0) is 4.74 Å². The number of carbonyl (C=O) groups excluding carboxylic acids is 1. The van der Waals surface area contributed by atoms with E-state index in [1.807, 2.05) is 26.0 Å². The van der Waals surface area contributed by atoms with E-state index in [4.69, 9.17) is 9.15 Å². The van der Waals surface area contributed by atoms with Crippen LogP contribution in [0.1, 0.15) is 29.2 Å². The van der Waals surface area contributed by atoms with E-state index >= 15 is 0 Å². The van der Waals surface area contributed by atoms with Crippen LogP contribution in [0.3, 0.4) is 0 Å². The summed E-state index contributed by atoms with van der Waals surface area (Å²) < 4.78 is 10.6.